The van der Waals surface area contributed by atoms with Crippen molar-refractivity contribution in [1.82, 2.24) is 0 Å². The molecule has 0 saturated carbocycles. The summed E-state index contributed by atoms with van der Waals surface area (Å²) in [6.07, 6.45) is 1.49. The van der Waals surface area contributed by atoms with Gasteiger partial charge in [-0.05, 0) is 239 Å². The summed E-state index contributed by atoms with van der Waals surface area (Å²) in [7, 11) is 14.0. The number of aryl methyl sites for hydroxylation is 5. The lowest BCUT2D eigenvalue weighted by molar-refractivity contribution is 1.07. The first-order valence-electron chi connectivity index (χ1n) is 21.1. The van der Waals surface area contributed by atoms with Gasteiger partial charge in [-0.25, -0.2) is 0 Å². The Bertz CT molecular complexity index is 3490. The van der Waals surface area contributed by atoms with E-state index >= 15 is 0 Å². The molecule has 0 atom stereocenters. The molecule has 7 aromatic rings. The molecule has 4 radical (unpaired) electrons. The molecule has 9 rings (SSSR count). The van der Waals surface area contributed by atoms with Crippen LogP contribution in [-0.2, 0) is 12.8 Å². The smallest absolute Gasteiger partial charge is 0.116 e. The van der Waals surface area contributed by atoms with E-state index in [1.165, 1.54) is 105 Å². The van der Waals surface area contributed by atoms with Crippen molar-refractivity contribution in [2.45, 2.75) is 130 Å². The van der Waals surface area contributed by atoms with Gasteiger partial charge in [-0.2, -0.15) is 0 Å². The topological polar surface area (TPSA) is 0 Å². The van der Waals surface area contributed by atoms with E-state index in [1.807, 2.05) is 0 Å². The van der Waals surface area contributed by atoms with E-state index in [0.29, 0.717) is 20.1 Å². The summed E-state index contributed by atoms with van der Waals surface area (Å²) >= 11 is 42.0. The Morgan fingerprint density at radius 3 is 1.65 bits per heavy atom. The predicted octanol–water partition coefficient (Wildman–Crippen LogP) is 14.3. The van der Waals surface area contributed by atoms with Crippen LogP contribution in [0, 0.1) is 62.3 Å². The Morgan fingerprint density at radius 2 is 1.00 bits per heavy atom. The van der Waals surface area contributed by atoms with Crippen LogP contribution in [0.5, 0.6) is 0 Å². The fourth-order valence-electron chi connectivity index (χ4n) is 11.3. The summed E-state index contributed by atoms with van der Waals surface area (Å²) in [6, 6.07) is 2.43. The molecule has 314 valence electrons. The van der Waals surface area contributed by atoms with Gasteiger partial charge in [0.15, 0.2) is 0 Å². The van der Waals surface area contributed by atoms with Crippen LogP contribution in [0.1, 0.15) is 98.7 Å². The van der Waals surface area contributed by atoms with Gasteiger partial charge in [0.1, 0.15) is 15.7 Å². The van der Waals surface area contributed by atoms with Gasteiger partial charge < -0.3 is 0 Å². The molecule has 0 unspecified atom stereocenters. The highest BCUT2D eigenvalue weighted by atomic mass is 32.1. The third-order valence-electron chi connectivity index (χ3n) is 15.1. The maximum absolute atomic E-state index is 7.16. The van der Waals surface area contributed by atoms with E-state index < -0.39 is 0 Å². The number of thiol groups is 7. The highest BCUT2D eigenvalue weighted by Crippen LogP contribution is 2.57. The van der Waals surface area contributed by atoms with Gasteiger partial charge in [-0.15, -0.1) is 88.4 Å². The van der Waals surface area contributed by atoms with Crippen molar-refractivity contribution < 1.29 is 0 Å². The number of hydrogen-bond donors (Lipinski definition) is 7. The lowest BCUT2D eigenvalue weighted by Gasteiger charge is -2.35. The average Bonchev–Trinajstić information content (AvgIpc) is 3.25. The van der Waals surface area contributed by atoms with E-state index in [4.69, 9.17) is 116 Å². The molecular formula is C53H48B2S8. The van der Waals surface area contributed by atoms with Crippen molar-refractivity contribution in [2.75, 3.05) is 0 Å². The van der Waals surface area contributed by atoms with Crippen molar-refractivity contribution in [2.24, 2.45) is 0 Å². The Labute approximate surface area is 419 Å². The normalized spacial score (nSPS) is 13.9. The molecule has 0 N–H and O–H groups in total. The molecule has 0 heterocycles. The molecule has 0 fully saturated rings. The van der Waals surface area contributed by atoms with Crippen LogP contribution < -0.4 is 10.9 Å². The quantitative estimate of drug-likeness (QED) is 0.0231. The SMILES string of the molecule is [B]c1c(S)c(C)c(C(=S)/C(C)=C(/C)C2=C(C)Cc3c(S)c(C)c(C)c4c5c6c(c(C)c(S)c(C)c6c2c34)Cc2c-5cc(C)c3c(C)c(C)c(S)c([B])c23)c2c(C)c(S)c(S)c(S)c12. The van der Waals surface area contributed by atoms with Crippen molar-refractivity contribution in [3.63, 3.8) is 0 Å². The zero-order chi connectivity index (χ0) is 46.1. The van der Waals surface area contributed by atoms with Crippen LogP contribution in [0.2, 0.25) is 0 Å². The van der Waals surface area contributed by atoms with Crippen molar-refractivity contribution in [1.29, 1.82) is 0 Å². The first-order valence-corrected chi connectivity index (χ1v) is 24.6. The summed E-state index contributed by atoms with van der Waals surface area (Å²) in [5.74, 6) is 0. The van der Waals surface area contributed by atoms with Crippen LogP contribution in [0.4, 0.5) is 0 Å². The molecule has 0 amide bonds. The lowest BCUT2D eigenvalue weighted by Crippen LogP contribution is -2.18. The minimum absolute atomic E-state index is 0.561. The van der Waals surface area contributed by atoms with E-state index in [1.54, 1.807) is 0 Å². The molecule has 10 heteroatoms. The Kier molecular flexibility index (Phi) is 11.4. The number of allylic oxidation sites excluding steroid dienone is 4. The minimum atomic E-state index is 0.561. The van der Waals surface area contributed by atoms with Gasteiger partial charge in [0, 0.05) is 44.7 Å². The maximum atomic E-state index is 7.16. The Balaban J connectivity index is 1.45. The summed E-state index contributed by atoms with van der Waals surface area (Å²) in [6.45, 7) is 26.4. The minimum Gasteiger partial charge on any atom is -0.144 e. The van der Waals surface area contributed by atoms with Crippen molar-refractivity contribution in [3.8, 4) is 11.1 Å². The first kappa shape index (κ1) is 45.9. The van der Waals surface area contributed by atoms with Crippen LogP contribution in [0.25, 0.3) is 59.8 Å². The molecule has 7 aromatic carbocycles. The van der Waals surface area contributed by atoms with Gasteiger partial charge in [-0.3, -0.25) is 0 Å². The number of rotatable bonds is 3. The molecule has 0 nitrogen and oxygen atoms in total. The van der Waals surface area contributed by atoms with E-state index in [0.717, 1.165) is 92.3 Å². The third-order valence-corrected chi connectivity index (χ3v) is 19.8. The molecule has 2 aliphatic carbocycles. The van der Waals surface area contributed by atoms with Crippen LogP contribution in [0.15, 0.2) is 57.1 Å². The lowest BCUT2D eigenvalue weighted by atomic mass is 9.69. The van der Waals surface area contributed by atoms with Gasteiger partial charge >= 0.3 is 0 Å². The Hall–Kier alpha value is -2.27. The molecule has 0 saturated heterocycles. The molecule has 2 aliphatic rings. The molecule has 0 aliphatic heterocycles. The molecule has 63 heavy (non-hydrogen) atoms. The van der Waals surface area contributed by atoms with Crippen molar-refractivity contribution >= 4 is 181 Å². The zero-order valence-electron chi connectivity index (χ0n) is 37.7. The first-order chi connectivity index (χ1) is 29.5. The summed E-state index contributed by atoms with van der Waals surface area (Å²) in [5.41, 5.74) is 24.7. The highest BCUT2D eigenvalue weighted by molar-refractivity contribution is 7.85. The summed E-state index contributed by atoms with van der Waals surface area (Å²) < 4.78 is 0. The van der Waals surface area contributed by atoms with Gasteiger partial charge in [-0.1, -0.05) is 34.8 Å². The standard InChI is InChI=1S/C53H48B2S8/c1-16-13-29-30(41-32(16)19(4)23(8)49(59)44(41)54)15-28-24(9)46(56)25(10)36-38(28)39(29)34-20(5)21(6)47(57)31-14-17(2)33(42(36)40(31)34)18(3)22(7)48(58)37-27(12)50(60)45(55)43-35(37)26(11)51(61)53(63)52(43)62/h13,56-57,59-63H,14-15H2,1-12H3/b22-18-. The Morgan fingerprint density at radius 1 is 0.460 bits per heavy atom. The molecule has 0 bridgehead atoms. The average molecular weight is 963 g/mol. The van der Waals surface area contributed by atoms with Gasteiger partial charge in [0.2, 0.25) is 0 Å². The predicted molar refractivity (Wildman–Crippen MR) is 302 cm³/mol. The molecule has 0 aromatic heterocycles. The fraction of sp³-hybridized carbons (Fsp3) is 0.264. The zero-order valence-corrected chi connectivity index (χ0v) is 44.8. The van der Waals surface area contributed by atoms with E-state index in [9.17, 15) is 0 Å². The molecular weight excluding hydrogens is 915 g/mol. The summed E-state index contributed by atoms with van der Waals surface area (Å²) in [4.78, 5) is 6.44. The fourth-order valence-corrected chi connectivity index (χ4v) is 13.8. The van der Waals surface area contributed by atoms with Gasteiger partial charge in [0.05, 0.1) is 0 Å². The van der Waals surface area contributed by atoms with E-state index in [2.05, 4.69) is 89.2 Å². The second-order valence-electron chi connectivity index (χ2n) is 18.2. The maximum Gasteiger partial charge on any atom is 0.116 e. The van der Waals surface area contributed by atoms with Crippen molar-refractivity contribution in [3.05, 3.63) is 101 Å². The number of fused-ring (bicyclic) bond motifs is 7. The monoisotopic (exact) mass is 962 g/mol. The third kappa shape index (κ3) is 6.03. The van der Waals surface area contributed by atoms with Crippen LogP contribution in [-0.4, -0.2) is 20.6 Å². The van der Waals surface area contributed by atoms with Crippen LogP contribution in [0.3, 0.4) is 0 Å². The molecule has 0 spiro atoms. The largest absolute Gasteiger partial charge is 0.144 e. The summed E-state index contributed by atoms with van der Waals surface area (Å²) in [5, 5.41) is 9.15. The number of thiocarbonyl (C=S) groups is 1. The van der Waals surface area contributed by atoms with E-state index in [-0.39, 0.29) is 0 Å². The highest BCUT2D eigenvalue weighted by Gasteiger charge is 2.36. The second kappa shape index (κ2) is 15.7. The second-order valence-corrected chi connectivity index (χ2v) is 21.7. The number of hydrogen-bond acceptors (Lipinski definition) is 8. The van der Waals surface area contributed by atoms with Gasteiger partial charge in [0.25, 0.3) is 0 Å². The number of benzene rings is 7. The van der Waals surface area contributed by atoms with Crippen LogP contribution >= 0.6 is 101 Å².